The van der Waals surface area contributed by atoms with Crippen molar-refractivity contribution in [2.45, 2.75) is 0 Å². The molecule has 6 nitrogen and oxygen atoms in total. The summed E-state index contributed by atoms with van der Waals surface area (Å²) >= 11 is 1.54. The van der Waals surface area contributed by atoms with E-state index >= 15 is 0 Å². The van der Waals surface area contributed by atoms with Crippen LogP contribution in [-0.2, 0) is 0 Å². The van der Waals surface area contributed by atoms with Crippen LogP contribution in [0, 0.1) is 11.3 Å². The number of methoxy groups -OCH3 is 2. The Morgan fingerprint density at radius 2 is 1.61 bits per heavy atom. The van der Waals surface area contributed by atoms with Crippen molar-refractivity contribution < 1.29 is 9.47 Å². The monoisotopic (exact) mass is 514 g/mol. The average molecular weight is 515 g/mol. The van der Waals surface area contributed by atoms with Crippen LogP contribution >= 0.6 is 11.3 Å². The van der Waals surface area contributed by atoms with E-state index in [1.165, 1.54) is 0 Å². The van der Waals surface area contributed by atoms with Gasteiger partial charge < -0.3 is 9.47 Å². The Kier molecular flexibility index (Phi) is 6.08. The summed E-state index contributed by atoms with van der Waals surface area (Å²) in [6, 6.07) is 31.9. The number of para-hydroxylation sites is 1. The second-order valence-corrected chi connectivity index (χ2v) is 9.47. The summed E-state index contributed by atoms with van der Waals surface area (Å²) in [5, 5.41) is 18.4. The number of rotatable bonds is 6. The van der Waals surface area contributed by atoms with Crippen molar-refractivity contribution in [3.8, 4) is 56.2 Å². The van der Waals surface area contributed by atoms with Gasteiger partial charge in [-0.15, -0.1) is 11.3 Å². The lowest BCUT2D eigenvalue weighted by Crippen LogP contribution is -2.01. The van der Waals surface area contributed by atoms with Crippen LogP contribution in [0.3, 0.4) is 0 Å². The van der Waals surface area contributed by atoms with Gasteiger partial charge in [0.1, 0.15) is 29.0 Å². The first-order valence-electron chi connectivity index (χ1n) is 12.0. The maximum absolute atomic E-state index is 10.6. The maximum Gasteiger partial charge on any atom is 0.164 e. The van der Waals surface area contributed by atoms with Gasteiger partial charge in [-0.25, -0.2) is 9.67 Å². The minimum Gasteiger partial charge on any atom is -0.497 e. The number of hydrogen-bond donors (Lipinski definition) is 0. The average Bonchev–Trinajstić information content (AvgIpc) is 3.65. The topological polar surface area (TPSA) is 73.0 Å². The Balaban J connectivity index is 1.85. The van der Waals surface area contributed by atoms with Gasteiger partial charge in [-0.05, 0) is 41.8 Å². The SMILES string of the molecule is COc1ccc(OC)c(-c2c(C#N)c(-c3cccs3)nc3c2c(-c2ccccc2)nn3-c2ccccc2)c1. The van der Waals surface area contributed by atoms with E-state index in [9.17, 15) is 5.26 Å². The Morgan fingerprint density at radius 1 is 0.842 bits per heavy atom. The summed E-state index contributed by atoms with van der Waals surface area (Å²) in [4.78, 5) is 6.01. The third kappa shape index (κ3) is 3.88. The first-order chi connectivity index (χ1) is 18.7. The Morgan fingerprint density at radius 3 is 2.26 bits per heavy atom. The molecule has 0 unspecified atom stereocenters. The number of thiophene rings is 1. The van der Waals surface area contributed by atoms with E-state index < -0.39 is 0 Å². The number of nitriles is 1. The Bertz CT molecular complexity index is 1790. The highest BCUT2D eigenvalue weighted by atomic mass is 32.1. The van der Waals surface area contributed by atoms with Gasteiger partial charge in [0.25, 0.3) is 0 Å². The van der Waals surface area contributed by atoms with E-state index in [1.807, 2.05) is 101 Å². The summed E-state index contributed by atoms with van der Waals surface area (Å²) in [7, 11) is 3.25. The molecular formula is C31H22N4O2S. The molecule has 0 spiro atoms. The molecule has 0 aliphatic heterocycles. The van der Waals surface area contributed by atoms with E-state index in [2.05, 4.69) is 6.07 Å². The fourth-order valence-electron chi connectivity index (χ4n) is 4.67. The summed E-state index contributed by atoms with van der Waals surface area (Å²) in [5.41, 5.74) is 5.67. The van der Waals surface area contributed by atoms with Crippen molar-refractivity contribution in [3.63, 3.8) is 0 Å². The van der Waals surface area contributed by atoms with Crippen LogP contribution < -0.4 is 9.47 Å². The minimum absolute atomic E-state index is 0.455. The van der Waals surface area contributed by atoms with Crippen LogP contribution in [0.5, 0.6) is 11.5 Å². The molecule has 0 bridgehead atoms. The van der Waals surface area contributed by atoms with Crippen molar-refractivity contribution in [2.75, 3.05) is 14.2 Å². The molecule has 3 heterocycles. The number of pyridine rings is 1. The number of benzene rings is 3. The van der Waals surface area contributed by atoms with Gasteiger partial charge in [0.15, 0.2) is 5.65 Å². The molecule has 6 aromatic rings. The number of fused-ring (bicyclic) bond motifs is 1. The highest BCUT2D eigenvalue weighted by molar-refractivity contribution is 7.13. The zero-order valence-corrected chi connectivity index (χ0v) is 21.6. The number of aromatic nitrogens is 3. The number of hydrogen-bond acceptors (Lipinski definition) is 6. The van der Waals surface area contributed by atoms with Crippen LogP contribution in [0.4, 0.5) is 0 Å². The summed E-state index contributed by atoms with van der Waals surface area (Å²) in [6.45, 7) is 0. The Hall–Kier alpha value is -4.93. The molecule has 0 radical (unpaired) electrons. The first kappa shape index (κ1) is 23.5. The second kappa shape index (κ2) is 9.85. The highest BCUT2D eigenvalue weighted by Crippen LogP contribution is 2.46. The summed E-state index contributed by atoms with van der Waals surface area (Å²) < 4.78 is 13.2. The summed E-state index contributed by atoms with van der Waals surface area (Å²) in [6.07, 6.45) is 0. The lowest BCUT2D eigenvalue weighted by Gasteiger charge is -2.16. The number of nitrogens with zero attached hydrogens (tertiary/aromatic N) is 4. The van der Waals surface area contributed by atoms with E-state index in [0.29, 0.717) is 34.0 Å². The molecule has 3 aromatic carbocycles. The van der Waals surface area contributed by atoms with Gasteiger partial charge >= 0.3 is 0 Å². The molecule has 0 aliphatic carbocycles. The minimum atomic E-state index is 0.455. The quantitative estimate of drug-likeness (QED) is 0.232. The Labute approximate surface area is 224 Å². The van der Waals surface area contributed by atoms with Gasteiger partial charge in [0.2, 0.25) is 0 Å². The molecule has 7 heteroatoms. The van der Waals surface area contributed by atoms with Crippen LogP contribution in [0.15, 0.2) is 96.4 Å². The van der Waals surface area contributed by atoms with Crippen molar-refractivity contribution in [1.29, 1.82) is 5.26 Å². The molecule has 0 saturated carbocycles. The lowest BCUT2D eigenvalue weighted by atomic mass is 9.92. The zero-order valence-electron chi connectivity index (χ0n) is 20.8. The first-order valence-corrected chi connectivity index (χ1v) is 12.9. The molecular weight excluding hydrogens is 492 g/mol. The van der Waals surface area contributed by atoms with Crippen molar-refractivity contribution in [3.05, 3.63) is 102 Å². The van der Waals surface area contributed by atoms with Crippen molar-refractivity contribution in [1.82, 2.24) is 14.8 Å². The third-order valence-electron chi connectivity index (χ3n) is 6.41. The van der Waals surface area contributed by atoms with Gasteiger partial charge in [0.05, 0.1) is 35.7 Å². The molecule has 0 fully saturated rings. The smallest absolute Gasteiger partial charge is 0.164 e. The lowest BCUT2D eigenvalue weighted by molar-refractivity contribution is 0.404. The second-order valence-electron chi connectivity index (χ2n) is 8.53. The molecule has 38 heavy (non-hydrogen) atoms. The van der Waals surface area contributed by atoms with Gasteiger partial charge in [0, 0.05) is 16.7 Å². The predicted molar refractivity (Wildman–Crippen MR) is 151 cm³/mol. The van der Waals surface area contributed by atoms with Gasteiger partial charge in [-0.3, -0.25) is 0 Å². The van der Waals surface area contributed by atoms with E-state index in [0.717, 1.165) is 32.8 Å². The van der Waals surface area contributed by atoms with Crippen LogP contribution in [0.1, 0.15) is 5.56 Å². The van der Waals surface area contributed by atoms with Gasteiger partial charge in [-0.2, -0.15) is 10.4 Å². The van der Waals surface area contributed by atoms with E-state index in [4.69, 9.17) is 19.6 Å². The van der Waals surface area contributed by atoms with Crippen LogP contribution in [-0.4, -0.2) is 29.0 Å². The highest BCUT2D eigenvalue weighted by Gasteiger charge is 2.27. The van der Waals surface area contributed by atoms with Crippen molar-refractivity contribution >= 4 is 22.4 Å². The van der Waals surface area contributed by atoms with E-state index in [1.54, 1.807) is 25.6 Å². The maximum atomic E-state index is 10.6. The van der Waals surface area contributed by atoms with Crippen molar-refractivity contribution in [2.24, 2.45) is 0 Å². The third-order valence-corrected chi connectivity index (χ3v) is 7.28. The van der Waals surface area contributed by atoms with Crippen LogP contribution in [0.25, 0.3) is 49.7 Å². The molecule has 184 valence electrons. The zero-order chi connectivity index (χ0) is 26.1. The molecule has 3 aromatic heterocycles. The van der Waals surface area contributed by atoms with Gasteiger partial charge in [-0.1, -0.05) is 54.6 Å². The standard InChI is InChI=1S/C31H22N4O2S/c1-36-22-15-16-25(37-2)23(18-22)27-24(19-32)30(26-14-9-17-38-26)33-31-28(27)29(20-10-5-3-6-11-20)34-35(31)21-12-7-4-8-13-21/h3-18H,1-2H3. The summed E-state index contributed by atoms with van der Waals surface area (Å²) in [5.74, 6) is 1.28. The fourth-order valence-corrected chi connectivity index (χ4v) is 5.39. The normalized spacial score (nSPS) is 10.9. The molecule has 6 rings (SSSR count). The van der Waals surface area contributed by atoms with E-state index in [-0.39, 0.29) is 0 Å². The molecule has 0 saturated heterocycles. The molecule has 0 amide bonds. The predicted octanol–water partition coefficient (Wildman–Crippen LogP) is 7.37. The fraction of sp³-hybridized carbons (Fsp3) is 0.0645. The molecule has 0 N–H and O–H groups in total. The largest absolute Gasteiger partial charge is 0.497 e. The van der Waals surface area contributed by atoms with Crippen LogP contribution in [0.2, 0.25) is 0 Å². The number of ether oxygens (including phenoxy) is 2. The molecule has 0 atom stereocenters. The molecule has 0 aliphatic rings.